The van der Waals surface area contributed by atoms with Crippen molar-refractivity contribution in [1.29, 1.82) is 0 Å². The van der Waals surface area contributed by atoms with Crippen molar-refractivity contribution >= 4 is 58.6 Å². The molecule has 272 valence electrons. The minimum atomic E-state index is -4.65. The predicted octanol–water partition coefficient (Wildman–Crippen LogP) is 4.26. The first-order valence-corrected chi connectivity index (χ1v) is 15.7. The maximum absolute atomic E-state index is 12.9. The highest BCUT2D eigenvalue weighted by atomic mass is 35.5. The predicted molar refractivity (Wildman–Crippen MR) is 181 cm³/mol. The van der Waals surface area contributed by atoms with E-state index in [2.05, 4.69) is 41.5 Å². The van der Waals surface area contributed by atoms with Gasteiger partial charge in [-0.05, 0) is 66.9 Å². The normalized spacial score (nSPS) is 13.6. The summed E-state index contributed by atoms with van der Waals surface area (Å²) in [6, 6.07) is 16.7. The highest BCUT2D eigenvalue weighted by molar-refractivity contribution is 6.39. The van der Waals surface area contributed by atoms with Gasteiger partial charge in [-0.1, -0.05) is 35.9 Å². The molecule has 0 saturated heterocycles. The highest BCUT2D eigenvalue weighted by Crippen LogP contribution is 2.48. The summed E-state index contributed by atoms with van der Waals surface area (Å²) in [5, 5.41) is 22.9. The van der Waals surface area contributed by atoms with Crippen LogP contribution < -0.4 is 36.1 Å². The molecule has 1 saturated carbocycles. The van der Waals surface area contributed by atoms with E-state index in [-0.39, 0.29) is 23.1 Å². The van der Waals surface area contributed by atoms with Crippen molar-refractivity contribution in [3.8, 4) is 11.8 Å². The molecule has 15 nitrogen and oxygen atoms in total. The number of para-hydroxylation sites is 2. The number of anilines is 4. The second-order valence-electron chi connectivity index (χ2n) is 11.3. The minimum Gasteiger partial charge on any atom is -0.495 e. The number of ether oxygens (including phenoxy) is 2. The number of nitrogens with one attached hydrogen (secondary N) is 5. The van der Waals surface area contributed by atoms with E-state index in [1.165, 1.54) is 37.4 Å². The fourth-order valence-electron chi connectivity index (χ4n) is 4.75. The molecule has 1 fully saturated rings. The van der Waals surface area contributed by atoms with E-state index in [1.54, 1.807) is 30.3 Å². The summed E-state index contributed by atoms with van der Waals surface area (Å²) in [6.07, 6.45) is -3.26. The van der Waals surface area contributed by atoms with Gasteiger partial charge in [-0.15, -0.1) is 0 Å². The van der Waals surface area contributed by atoms with Crippen molar-refractivity contribution in [2.75, 3.05) is 36.2 Å². The molecule has 0 radical (unpaired) electrons. The van der Waals surface area contributed by atoms with Crippen molar-refractivity contribution in [3.63, 3.8) is 0 Å². The van der Waals surface area contributed by atoms with E-state index in [9.17, 15) is 37.5 Å². The molecule has 1 aliphatic carbocycles. The van der Waals surface area contributed by atoms with Crippen molar-refractivity contribution in [1.82, 2.24) is 25.6 Å². The Morgan fingerprint density at radius 1 is 0.923 bits per heavy atom. The number of carboxylic acids is 1. The third-order valence-electron chi connectivity index (χ3n) is 7.51. The van der Waals surface area contributed by atoms with Gasteiger partial charge in [0.1, 0.15) is 11.8 Å². The van der Waals surface area contributed by atoms with E-state index in [4.69, 9.17) is 21.1 Å². The van der Waals surface area contributed by atoms with E-state index in [0.29, 0.717) is 29.3 Å². The largest absolute Gasteiger partial charge is 0.495 e. The summed E-state index contributed by atoms with van der Waals surface area (Å²) < 4.78 is 48.7. The number of aromatic nitrogens is 3. The van der Waals surface area contributed by atoms with Gasteiger partial charge < -0.3 is 41.2 Å². The Labute approximate surface area is 298 Å². The maximum atomic E-state index is 12.9. The fraction of sp³-hybridized carbons (Fsp3) is 0.242. The molecule has 52 heavy (non-hydrogen) atoms. The molecule has 4 aromatic rings. The van der Waals surface area contributed by atoms with Gasteiger partial charge in [0.15, 0.2) is 6.61 Å². The van der Waals surface area contributed by atoms with Crippen molar-refractivity contribution in [3.05, 3.63) is 88.9 Å². The molecule has 0 aliphatic heterocycles. The molecule has 19 heteroatoms. The highest BCUT2D eigenvalue weighted by Gasteiger charge is 2.45. The number of carboxylic acid groups (broad SMARTS) is 1. The van der Waals surface area contributed by atoms with Crippen LogP contribution in [0.2, 0.25) is 5.02 Å². The quantitative estimate of drug-likeness (QED) is 0.100. The van der Waals surface area contributed by atoms with Crippen LogP contribution in [0.5, 0.6) is 11.8 Å². The summed E-state index contributed by atoms with van der Waals surface area (Å²) in [5.74, 6) is -4.47. The molecule has 0 bridgehead atoms. The Morgan fingerprint density at radius 2 is 1.60 bits per heavy atom. The minimum absolute atomic E-state index is 0.0166. The van der Waals surface area contributed by atoms with Gasteiger partial charge in [-0.2, -0.15) is 28.1 Å². The number of hydrogen-bond acceptors (Lipinski definition) is 11. The standard InChI is InChI=1S/C33H30ClF3N8O7/c1-51-24-5-3-2-4-22(24)40-27(48)26(47)38-16-23(28(49)50)41-25(46)18-6-12-21(13-7-18)39-29-42-30(44-31(43-29)52-17-33(35,36)37)45-32(14-15-32)19-8-10-20(34)11-9-19/h2-13,23H,14-17H2,1H3,(H,38,47)(H,40,48)(H,41,46)(H,49,50)(H2,39,42,43,44,45)/t23-/m0/s1. The number of rotatable bonds is 14. The van der Waals surface area contributed by atoms with E-state index < -0.39 is 60.6 Å². The molecule has 1 heterocycles. The van der Waals surface area contributed by atoms with Gasteiger partial charge >= 0.3 is 30.0 Å². The second kappa shape index (κ2) is 15.8. The smallest absolute Gasteiger partial charge is 0.422 e. The molecule has 3 amide bonds. The molecule has 3 aromatic carbocycles. The Kier molecular flexibility index (Phi) is 11.3. The molecule has 0 spiro atoms. The van der Waals surface area contributed by atoms with Crippen molar-refractivity contribution < 1.29 is 46.9 Å². The second-order valence-corrected chi connectivity index (χ2v) is 11.8. The zero-order valence-corrected chi connectivity index (χ0v) is 27.8. The lowest BCUT2D eigenvalue weighted by Gasteiger charge is -2.19. The molecule has 0 unspecified atom stereocenters. The first-order chi connectivity index (χ1) is 24.7. The first kappa shape index (κ1) is 37.1. The van der Waals surface area contributed by atoms with Gasteiger partial charge in [-0.3, -0.25) is 14.4 Å². The zero-order valence-electron chi connectivity index (χ0n) is 27.1. The van der Waals surface area contributed by atoms with Crippen LogP contribution in [-0.2, 0) is 19.9 Å². The molecular formula is C33H30ClF3N8O7. The zero-order chi connectivity index (χ0) is 37.5. The summed E-state index contributed by atoms with van der Waals surface area (Å²) in [4.78, 5) is 61.6. The number of hydrogen-bond donors (Lipinski definition) is 6. The number of carbonyl (C=O) groups is 4. The number of benzene rings is 3. The fourth-order valence-corrected chi connectivity index (χ4v) is 4.88. The van der Waals surface area contributed by atoms with Crippen LogP contribution in [-0.4, -0.2) is 76.2 Å². The molecule has 1 aromatic heterocycles. The Morgan fingerprint density at radius 3 is 2.23 bits per heavy atom. The van der Waals surface area contributed by atoms with Crippen LogP contribution in [0.25, 0.3) is 0 Å². The Balaban J connectivity index is 1.22. The molecule has 6 N–H and O–H groups in total. The van der Waals surface area contributed by atoms with Crippen LogP contribution in [0, 0.1) is 0 Å². The van der Waals surface area contributed by atoms with Crippen molar-refractivity contribution in [2.24, 2.45) is 0 Å². The number of carbonyl (C=O) groups excluding carboxylic acids is 3. The maximum Gasteiger partial charge on any atom is 0.422 e. The van der Waals surface area contributed by atoms with Gasteiger partial charge in [0.05, 0.1) is 18.3 Å². The SMILES string of the molecule is COc1ccccc1NC(=O)C(=O)NC[C@H](NC(=O)c1ccc(Nc2nc(NC3(c4ccc(Cl)cc4)CC3)nc(OCC(F)(F)F)n2)cc1)C(=O)O. The number of halogens is 4. The third-order valence-corrected chi connectivity index (χ3v) is 7.76. The number of aliphatic carboxylic acids is 1. The van der Waals surface area contributed by atoms with E-state index >= 15 is 0 Å². The topological polar surface area (TPSA) is 206 Å². The first-order valence-electron chi connectivity index (χ1n) is 15.4. The lowest BCUT2D eigenvalue weighted by atomic mass is 10.1. The van der Waals surface area contributed by atoms with Crippen LogP contribution in [0.3, 0.4) is 0 Å². The van der Waals surface area contributed by atoms with Crippen LogP contribution >= 0.6 is 11.6 Å². The number of nitrogens with zero attached hydrogens (tertiary/aromatic N) is 3. The van der Waals surface area contributed by atoms with E-state index in [0.717, 1.165) is 5.56 Å². The summed E-state index contributed by atoms with van der Waals surface area (Å²) in [5.41, 5.74) is 0.842. The number of alkyl halides is 3. The average molecular weight is 743 g/mol. The lowest BCUT2D eigenvalue weighted by molar-refractivity contribution is -0.154. The Hall–Kier alpha value is -6.17. The van der Waals surface area contributed by atoms with Crippen LogP contribution in [0.15, 0.2) is 72.8 Å². The third kappa shape index (κ3) is 9.96. The summed E-state index contributed by atoms with van der Waals surface area (Å²) in [6.45, 7) is -2.26. The van der Waals surface area contributed by atoms with E-state index in [1.807, 2.05) is 12.1 Å². The van der Waals surface area contributed by atoms with Gasteiger partial charge in [0.25, 0.3) is 5.91 Å². The summed E-state index contributed by atoms with van der Waals surface area (Å²) in [7, 11) is 1.38. The van der Waals surface area contributed by atoms with Gasteiger partial charge in [-0.25, -0.2) is 4.79 Å². The van der Waals surface area contributed by atoms with Gasteiger partial charge in [0, 0.05) is 22.8 Å². The molecular weight excluding hydrogens is 713 g/mol. The van der Waals surface area contributed by atoms with Crippen LogP contribution in [0.1, 0.15) is 28.8 Å². The number of methoxy groups -OCH3 is 1. The Bertz CT molecular complexity index is 1950. The van der Waals surface area contributed by atoms with Gasteiger partial charge in [0.2, 0.25) is 11.9 Å². The summed E-state index contributed by atoms with van der Waals surface area (Å²) >= 11 is 6.01. The monoisotopic (exact) mass is 742 g/mol. The average Bonchev–Trinajstić information content (AvgIpc) is 3.89. The molecule has 5 rings (SSSR count). The van der Waals surface area contributed by atoms with Crippen LogP contribution in [0.4, 0.5) is 36.4 Å². The van der Waals surface area contributed by atoms with Crippen molar-refractivity contribution in [2.45, 2.75) is 30.6 Å². The molecule has 1 atom stereocenters. The molecule has 1 aliphatic rings. The lowest BCUT2D eigenvalue weighted by Crippen LogP contribution is -2.50. The number of amides is 3.